The van der Waals surface area contributed by atoms with Crippen LogP contribution in [0.3, 0.4) is 0 Å². The Hall–Kier alpha value is -0.300. The first-order valence-electron chi connectivity index (χ1n) is 5.12. The van der Waals surface area contributed by atoms with Gasteiger partial charge in [0.2, 0.25) is 0 Å². The smallest absolute Gasteiger partial charge is 0.0637 e. The zero-order valence-corrected chi connectivity index (χ0v) is 8.09. The highest BCUT2D eigenvalue weighted by atomic mass is 16.5. The highest BCUT2D eigenvalue weighted by molar-refractivity contribution is 4.86. The van der Waals surface area contributed by atoms with Crippen LogP contribution in [0.2, 0.25) is 0 Å². The van der Waals surface area contributed by atoms with Crippen molar-refractivity contribution in [2.24, 2.45) is 5.92 Å². The summed E-state index contributed by atoms with van der Waals surface area (Å²) in [4.78, 5) is 0. The third kappa shape index (κ3) is 2.63. The average Bonchev–Trinajstić information content (AvgIpc) is 2.15. The first-order chi connectivity index (χ1) is 5.88. The van der Waals surface area contributed by atoms with Gasteiger partial charge >= 0.3 is 0 Å². The molecule has 0 aliphatic carbocycles. The second kappa shape index (κ2) is 5.36. The molecule has 1 heteroatoms. The third-order valence-corrected chi connectivity index (χ3v) is 2.62. The van der Waals surface area contributed by atoms with Crippen molar-refractivity contribution in [1.82, 2.24) is 0 Å². The van der Waals surface area contributed by atoms with Crippen LogP contribution in [0.4, 0.5) is 0 Å². The van der Waals surface area contributed by atoms with Crippen molar-refractivity contribution < 1.29 is 4.74 Å². The average molecular weight is 168 g/mol. The lowest BCUT2D eigenvalue weighted by atomic mass is 9.92. The monoisotopic (exact) mass is 168 g/mol. The summed E-state index contributed by atoms with van der Waals surface area (Å²) in [6.45, 7) is 7.05. The predicted molar refractivity (Wildman–Crippen MR) is 52.2 cm³/mol. The van der Waals surface area contributed by atoms with E-state index >= 15 is 0 Å². The Morgan fingerprint density at radius 3 is 2.92 bits per heavy atom. The van der Waals surface area contributed by atoms with Crippen molar-refractivity contribution in [2.75, 3.05) is 6.61 Å². The van der Waals surface area contributed by atoms with Gasteiger partial charge in [0.25, 0.3) is 0 Å². The minimum absolute atomic E-state index is 0.469. The molecule has 0 N–H and O–H groups in total. The van der Waals surface area contributed by atoms with E-state index in [2.05, 4.69) is 19.6 Å². The Morgan fingerprint density at radius 2 is 2.42 bits per heavy atom. The lowest BCUT2D eigenvalue weighted by Gasteiger charge is -2.28. The van der Waals surface area contributed by atoms with Gasteiger partial charge in [-0.1, -0.05) is 19.4 Å². The molecule has 1 rings (SSSR count). The van der Waals surface area contributed by atoms with Crippen LogP contribution in [0, 0.1) is 5.92 Å². The highest BCUT2D eigenvalue weighted by Crippen LogP contribution is 2.24. The van der Waals surface area contributed by atoms with Crippen LogP contribution in [0.1, 0.15) is 39.0 Å². The van der Waals surface area contributed by atoms with E-state index in [0.29, 0.717) is 12.0 Å². The van der Waals surface area contributed by atoms with Crippen LogP contribution in [0.5, 0.6) is 0 Å². The van der Waals surface area contributed by atoms with E-state index in [4.69, 9.17) is 4.74 Å². The quantitative estimate of drug-likeness (QED) is 0.586. The second-order valence-corrected chi connectivity index (χ2v) is 3.59. The topological polar surface area (TPSA) is 9.23 Å². The van der Waals surface area contributed by atoms with E-state index in [0.717, 1.165) is 6.61 Å². The van der Waals surface area contributed by atoms with Crippen molar-refractivity contribution >= 4 is 0 Å². The molecule has 1 saturated heterocycles. The minimum atomic E-state index is 0.469. The molecule has 0 spiro atoms. The summed E-state index contributed by atoms with van der Waals surface area (Å²) < 4.78 is 5.71. The second-order valence-electron chi connectivity index (χ2n) is 3.59. The summed E-state index contributed by atoms with van der Waals surface area (Å²) in [6.07, 6.45) is 8.81. The van der Waals surface area contributed by atoms with E-state index in [1.807, 2.05) is 0 Å². The normalized spacial score (nSPS) is 26.6. The van der Waals surface area contributed by atoms with Gasteiger partial charge in [-0.15, -0.1) is 6.58 Å². The number of hydrogen-bond donors (Lipinski definition) is 0. The predicted octanol–water partition coefficient (Wildman–Crippen LogP) is 3.16. The molecule has 1 nitrogen and oxygen atoms in total. The molecule has 2 atom stereocenters. The van der Waals surface area contributed by atoms with Crippen LogP contribution in [-0.4, -0.2) is 12.7 Å². The summed E-state index contributed by atoms with van der Waals surface area (Å²) in [6, 6.07) is 0. The number of rotatable bonds is 4. The summed E-state index contributed by atoms with van der Waals surface area (Å²) in [5.74, 6) is 0.593. The lowest BCUT2D eigenvalue weighted by molar-refractivity contribution is -0.0108. The van der Waals surface area contributed by atoms with Crippen molar-refractivity contribution in [3.05, 3.63) is 12.7 Å². The Balaban J connectivity index is 2.34. The number of ether oxygens (including phenoxy) is 1. The molecular weight excluding hydrogens is 148 g/mol. The molecule has 70 valence electrons. The maximum absolute atomic E-state index is 5.71. The largest absolute Gasteiger partial charge is 0.378 e. The highest BCUT2D eigenvalue weighted by Gasteiger charge is 2.20. The molecule has 0 saturated carbocycles. The zero-order valence-electron chi connectivity index (χ0n) is 8.09. The first-order valence-corrected chi connectivity index (χ1v) is 5.12. The molecular formula is C11H20O. The molecule has 0 radical (unpaired) electrons. The van der Waals surface area contributed by atoms with Gasteiger partial charge in [-0.2, -0.15) is 0 Å². The molecule has 0 aromatic heterocycles. The van der Waals surface area contributed by atoms with Gasteiger partial charge in [0.05, 0.1) is 6.10 Å². The maximum atomic E-state index is 5.71. The van der Waals surface area contributed by atoms with E-state index in [9.17, 15) is 0 Å². The van der Waals surface area contributed by atoms with Gasteiger partial charge in [-0.25, -0.2) is 0 Å². The van der Waals surface area contributed by atoms with Crippen LogP contribution < -0.4 is 0 Å². The molecule has 12 heavy (non-hydrogen) atoms. The Bertz CT molecular complexity index is 125. The lowest BCUT2D eigenvalue weighted by Crippen LogP contribution is -2.26. The Kier molecular flexibility index (Phi) is 4.37. The Morgan fingerprint density at radius 1 is 1.58 bits per heavy atom. The molecule has 0 aromatic rings. The zero-order chi connectivity index (χ0) is 8.81. The summed E-state index contributed by atoms with van der Waals surface area (Å²) >= 11 is 0. The van der Waals surface area contributed by atoms with Crippen molar-refractivity contribution in [3.8, 4) is 0 Å². The molecule has 0 aromatic carbocycles. The van der Waals surface area contributed by atoms with E-state index in [-0.39, 0.29) is 0 Å². The fourth-order valence-corrected chi connectivity index (χ4v) is 1.89. The van der Waals surface area contributed by atoms with Gasteiger partial charge in [-0.3, -0.25) is 0 Å². The molecule has 1 heterocycles. The first kappa shape index (κ1) is 9.79. The van der Waals surface area contributed by atoms with Crippen LogP contribution in [0.15, 0.2) is 12.7 Å². The van der Waals surface area contributed by atoms with Crippen molar-refractivity contribution in [1.29, 1.82) is 0 Å². The standard InChI is InChI=1S/C11H20O/c1-3-7-10(4-2)11-8-5-6-9-12-11/h4,10-11H,2-3,5-9H2,1H3. The molecule has 0 bridgehead atoms. The van der Waals surface area contributed by atoms with Gasteiger partial charge in [0.15, 0.2) is 0 Å². The Labute approximate surface area is 75.8 Å². The van der Waals surface area contributed by atoms with Gasteiger partial charge in [0, 0.05) is 12.5 Å². The summed E-state index contributed by atoms with van der Waals surface area (Å²) in [5, 5.41) is 0. The van der Waals surface area contributed by atoms with Crippen LogP contribution in [-0.2, 0) is 4.74 Å². The summed E-state index contributed by atoms with van der Waals surface area (Å²) in [5.41, 5.74) is 0. The van der Waals surface area contributed by atoms with E-state index in [1.165, 1.54) is 32.1 Å². The van der Waals surface area contributed by atoms with Gasteiger partial charge < -0.3 is 4.74 Å². The van der Waals surface area contributed by atoms with Gasteiger partial charge in [-0.05, 0) is 25.7 Å². The van der Waals surface area contributed by atoms with Crippen LogP contribution in [0.25, 0.3) is 0 Å². The molecule has 2 unspecified atom stereocenters. The van der Waals surface area contributed by atoms with E-state index < -0.39 is 0 Å². The molecule has 1 fully saturated rings. The van der Waals surface area contributed by atoms with E-state index in [1.54, 1.807) is 0 Å². The van der Waals surface area contributed by atoms with Gasteiger partial charge in [0.1, 0.15) is 0 Å². The molecule has 1 aliphatic heterocycles. The summed E-state index contributed by atoms with van der Waals surface area (Å²) in [7, 11) is 0. The SMILES string of the molecule is C=CC(CCC)C1CCCCO1. The third-order valence-electron chi connectivity index (χ3n) is 2.62. The van der Waals surface area contributed by atoms with Crippen molar-refractivity contribution in [2.45, 2.75) is 45.1 Å². The molecule has 1 aliphatic rings. The maximum Gasteiger partial charge on any atom is 0.0637 e. The minimum Gasteiger partial charge on any atom is -0.378 e. The fourth-order valence-electron chi connectivity index (χ4n) is 1.89. The fraction of sp³-hybridized carbons (Fsp3) is 0.818. The van der Waals surface area contributed by atoms with Crippen molar-refractivity contribution in [3.63, 3.8) is 0 Å². The molecule has 0 amide bonds. The van der Waals surface area contributed by atoms with Crippen LogP contribution >= 0.6 is 0 Å². The number of hydrogen-bond acceptors (Lipinski definition) is 1.